The SMILES string of the molecule is O=C(O)N1CC2(CCOC2)C1. The fourth-order valence-corrected chi connectivity index (χ4v) is 1.80. The average molecular weight is 157 g/mol. The molecule has 1 amide bonds. The van der Waals surface area contributed by atoms with Crippen molar-refractivity contribution < 1.29 is 14.6 Å². The van der Waals surface area contributed by atoms with Gasteiger partial charge in [-0.05, 0) is 6.42 Å². The summed E-state index contributed by atoms with van der Waals surface area (Å²) in [4.78, 5) is 11.8. The average Bonchev–Trinajstić information content (AvgIpc) is 2.29. The summed E-state index contributed by atoms with van der Waals surface area (Å²) in [5.41, 5.74) is 0.193. The number of rotatable bonds is 0. The van der Waals surface area contributed by atoms with Crippen molar-refractivity contribution in [3.63, 3.8) is 0 Å². The van der Waals surface area contributed by atoms with Crippen LogP contribution in [0.2, 0.25) is 0 Å². The Morgan fingerprint density at radius 3 is 2.73 bits per heavy atom. The van der Waals surface area contributed by atoms with Crippen LogP contribution in [0.3, 0.4) is 0 Å². The largest absolute Gasteiger partial charge is 0.465 e. The van der Waals surface area contributed by atoms with Crippen molar-refractivity contribution >= 4 is 6.09 Å². The lowest BCUT2D eigenvalue weighted by molar-refractivity contribution is 0.00336. The molecule has 0 aromatic heterocycles. The molecule has 2 fully saturated rings. The Bertz CT molecular complexity index is 178. The lowest BCUT2D eigenvalue weighted by Gasteiger charge is -2.45. The van der Waals surface area contributed by atoms with Crippen LogP contribution in [0.4, 0.5) is 4.79 Å². The second-order valence-corrected chi connectivity index (χ2v) is 3.44. The van der Waals surface area contributed by atoms with Crippen LogP contribution >= 0.6 is 0 Å². The smallest absolute Gasteiger partial charge is 0.407 e. The van der Waals surface area contributed by atoms with Gasteiger partial charge in [0.15, 0.2) is 0 Å². The van der Waals surface area contributed by atoms with Gasteiger partial charge in [0.25, 0.3) is 0 Å². The predicted octanol–water partition coefficient (Wildman–Crippen LogP) is 0.387. The van der Waals surface area contributed by atoms with E-state index in [9.17, 15) is 4.79 Å². The monoisotopic (exact) mass is 157 g/mol. The van der Waals surface area contributed by atoms with Crippen LogP contribution in [-0.4, -0.2) is 42.4 Å². The van der Waals surface area contributed by atoms with Crippen LogP contribution in [0, 0.1) is 5.41 Å². The van der Waals surface area contributed by atoms with Gasteiger partial charge in [0.05, 0.1) is 6.61 Å². The maximum absolute atomic E-state index is 10.4. The molecule has 0 unspecified atom stereocenters. The number of likely N-dealkylation sites (tertiary alicyclic amines) is 1. The molecule has 0 bridgehead atoms. The Hall–Kier alpha value is -0.770. The van der Waals surface area contributed by atoms with E-state index in [1.165, 1.54) is 4.90 Å². The number of hydrogen-bond donors (Lipinski definition) is 1. The molecule has 2 heterocycles. The summed E-state index contributed by atoms with van der Waals surface area (Å²) < 4.78 is 5.21. The highest BCUT2D eigenvalue weighted by atomic mass is 16.5. The molecule has 2 aliphatic heterocycles. The summed E-state index contributed by atoms with van der Waals surface area (Å²) in [7, 11) is 0. The van der Waals surface area contributed by atoms with Gasteiger partial charge >= 0.3 is 6.09 Å². The fraction of sp³-hybridized carbons (Fsp3) is 0.857. The third kappa shape index (κ3) is 0.976. The van der Waals surface area contributed by atoms with Crippen LogP contribution in [0.15, 0.2) is 0 Å². The number of carbonyl (C=O) groups is 1. The lowest BCUT2D eigenvalue weighted by Crippen LogP contribution is -2.58. The molecule has 62 valence electrons. The molecule has 0 aromatic rings. The van der Waals surface area contributed by atoms with Gasteiger partial charge in [-0.15, -0.1) is 0 Å². The molecule has 4 nitrogen and oxygen atoms in total. The van der Waals surface area contributed by atoms with Gasteiger partial charge in [-0.2, -0.15) is 0 Å². The van der Waals surface area contributed by atoms with E-state index in [1.807, 2.05) is 0 Å². The summed E-state index contributed by atoms with van der Waals surface area (Å²) in [5, 5.41) is 8.56. The molecule has 0 atom stereocenters. The van der Waals surface area contributed by atoms with Gasteiger partial charge in [0.2, 0.25) is 0 Å². The van der Waals surface area contributed by atoms with E-state index in [4.69, 9.17) is 9.84 Å². The van der Waals surface area contributed by atoms with E-state index in [0.717, 1.165) is 19.6 Å². The van der Waals surface area contributed by atoms with E-state index in [1.54, 1.807) is 0 Å². The van der Waals surface area contributed by atoms with E-state index < -0.39 is 6.09 Å². The van der Waals surface area contributed by atoms with Crippen molar-refractivity contribution in [3.05, 3.63) is 0 Å². The predicted molar refractivity (Wildman–Crippen MR) is 37.5 cm³/mol. The summed E-state index contributed by atoms with van der Waals surface area (Å²) in [6.07, 6.45) is 0.221. The highest BCUT2D eigenvalue weighted by Gasteiger charge is 2.47. The van der Waals surface area contributed by atoms with E-state index in [0.29, 0.717) is 13.1 Å². The molecule has 0 aromatic carbocycles. The van der Waals surface area contributed by atoms with Gasteiger partial charge in [-0.25, -0.2) is 4.79 Å². The molecule has 0 aliphatic carbocycles. The van der Waals surface area contributed by atoms with E-state index in [-0.39, 0.29) is 5.41 Å². The first-order valence-corrected chi connectivity index (χ1v) is 3.78. The summed E-state index contributed by atoms with van der Waals surface area (Å²) >= 11 is 0. The zero-order valence-electron chi connectivity index (χ0n) is 6.25. The van der Waals surface area contributed by atoms with E-state index in [2.05, 4.69) is 0 Å². The fourth-order valence-electron chi connectivity index (χ4n) is 1.80. The summed E-state index contributed by atoms with van der Waals surface area (Å²) in [5.74, 6) is 0. The minimum Gasteiger partial charge on any atom is -0.465 e. The Morgan fingerprint density at radius 2 is 2.27 bits per heavy atom. The van der Waals surface area contributed by atoms with Gasteiger partial charge in [0.1, 0.15) is 0 Å². The van der Waals surface area contributed by atoms with E-state index >= 15 is 0 Å². The Labute approximate surface area is 64.7 Å². The Morgan fingerprint density at radius 1 is 1.55 bits per heavy atom. The molecule has 2 saturated heterocycles. The van der Waals surface area contributed by atoms with Gasteiger partial charge in [-0.3, -0.25) is 0 Å². The first-order valence-electron chi connectivity index (χ1n) is 3.78. The van der Waals surface area contributed by atoms with Crippen LogP contribution < -0.4 is 0 Å². The first kappa shape index (κ1) is 6.91. The van der Waals surface area contributed by atoms with Gasteiger partial charge in [0, 0.05) is 25.1 Å². The molecule has 0 radical (unpaired) electrons. The topological polar surface area (TPSA) is 49.8 Å². The minimum atomic E-state index is -0.803. The van der Waals surface area contributed by atoms with Crippen LogP contribution in [-0.2, 0) is 4.74 Å². The maximum Gasteiger partial charge on any atom is 0.407 e. The quantitative estimate of drug-likeness (QED) is 0.553. The molecule has 2 aliphatic rings. The van der Waals surface area contributed by atoms with Crippen molar-refractivity contribution in [3.8, 4) is 0 Å². The zero-order valence-corrected chi connectivity index (χ0v) is 6.25. The number of nitrogens with zero attached hydrogens (tertiary/aromatic N) is 1. The number of carboxylic acid groups (broad SMARTS) is 1. The number of ether oxygens (including phenoxy) is 1. The second kappa shape index (κ2) is 2.11. The molecule has 2 rings (SSSR count). The molecular formula is C7H11NO3. The highest BCUT2D eigenvalue weighted by molar-refractivity contribution is 5.66. The van der Waals surface area contributed by atoms with Crippen LogP contribution in [0.1, 0.15) is 6.42 Å². The maximum atomic E-state index is 10.4. The number of amides is 1. The van der Waals surface area contributed by atoms with Crippen molar-refractivity contribution in [2.24, 2.45) is 5.41 Å². The molecule has 0 saturated carbocycles. The third-order valence-corrected chi connectivity index (χ3v) is 2.51. The highest BCUT2D eigenvalue weighted by Crippen LogP contribution is 2.37. The van der Waals surface area contributed by atoms with Crippen molar-refractivity contribution in [1.82, 2.24) is 4.90 Å². The standard InChI is InChI=1S/C7H11NO3/c9-6(10)8-3-7(4-8)1-2-11-5-7/h1-5H2,(H,9,10). The third-order valence-electron chi connectivity index (χ3n) is 2.51. The number of hydrogen-bond acceptors (Lipinski definition) is 2. The molecule has 1 N–H and O–H groups in total. The summed E-state index contributed by atoms with van der Waals surface area (Å²) in [6.45, 7) is 2.88. The zero-order chi connectivity index (χ0) is 7.90. The van der Waals surface area contributed by atoms with Crippen LogP contribution in [0.25, 0.3) is 0 Å². The second-order valence-electron chi connectivity index (χ2n) is 3.44. The lowest BCUT2D eigenvalue weighted by atomic mass is 9.80. The van der Waals surface area contributed by atoms with Crippen LogP contribution in [0.5, 0.6) is 0 Å². The Kier molecular flexibility index (Phi) is 1.32. The van der Waals surface area contributed by atoms with Crippen molar-refractivity contribution in [1.29, 1.82) is 0 Å². The minimum absolute atomic E-state index is 0.193. The molecule has 11 heavy (non-hydrogen) atoms. The molecular weight excluding hydrogens is 146 g/mol. The van der Waals surface area contributed by atoms with Crippen molar-refractivity contribution in [2.45, 2.75) is 6.42 Å². The normalized spacial score (nSPS) is 27.1. The first-order chi connectivity index (χ1) is 5.22. The molecule has 4 heteroatoms. The molecule has 1 spiro atoms. The van der Waals surface area contributed by atoms with Crippen molar-refractivity contribution in [2.75, 3.05) is 26.3 Å². The summed E-state index contributed by atoms with van der Waals surface area (Å²) in [6, 6.07) is 0. The Balaban J connectivity index is 1.91. The van der Waals surface area contributed by atoms with Gasteiger partial charge < -0.3 is 14.7 Å². The van der Waals surface area contributed by atoms with Gasteiger partial charge in [-0.1, -0.05) is 0 Å².